The van der Waals surface area contributed by atoms with E-state index in [-0.39, 0.29) is 10.8 Å². The minimum atomic E-state index is -1.25. The van der Waals surface area contributed by atoms with Crippen molar-refractivity contribution in [3.63, 3.8) is 0 Å². The fourth-order valence-corrected chi connectivity index (χ4v) is 2.80. The fourth-order valence-electron chi connectivity index (χ4n) is 2.53. The number of carboxylic acid groups (broad SMARTS) is 1. The average molecular weight is 366 g/mol. The summed E-state index contributed by atoms with van der Waals surface area (Å²) >= 11 is 6.04. The molecule has 0 fully saturated rings. The Kier molecular flexibility index (Phi) is 6.09. The molecule has 1 heterocycles. The molecule has 0 saturated carbocycles. The summed E-state index contributed by atoms with van der Waals surface area (Å²) in [6.45, 7) is 3.89. The Morgan fingerprint density at radius 2 is 2.00 bits per heavy atom. The monoisotopic (exact) mass is 365 g/mol. The van der Waals surface area contributed by atoms with Crippen molar-refractivity contribution < 1.29 is 23.8 Å². The Balaban J connectivity index is 2.27. The number of aryl methyl sites for hydroxylation is 2. The number of hydrogen-bond acceptors (Lipinski definition) is 4. The highest BCUT2D eigenvalue weighted by molar-refractivity contribution is 6.32. The molecular formula is C18H20ClNO5. The number of carboxylic acids is 1. The van der Waals surface area contributed by atoms with E-state index in [1.807, 2.05) is 13.8 Å². The average Bonchev–Trinajstić information content (AvgIpc) is 3.02. The van der Waals surface area contributed by atoms with Crippen LogP contribution in [0.1, 0.15) is 47.3 Å². The van der Waals surface area contributed by atoms with Crippen LogP contribution >= 0.6 is 11.6 Å². The van der Waals surface area contributed by atoms with E-state index in [1.165, 1.54) is 13.2 Å². The van der Waals surface area contributed by atoms with Gasteiger partial charge < -0.3 is 19.6 Å². The maximum absolute atomic E-state index is 12.4. The van der Waals surface area contributed by atoms with Gasteiger partial charge in [0.25, 0.3) is 5.91 Å². The summed E-state index contributed by atoms with van der Waals surface area (Å²) in [6, 6.07) is 4.94. The van der Waals surface area contributed by atoms with Crippen molar-refractivity contribution in [1.29, 1.82) is 0 Å². The number of carbonyl (C=O) groups excluding carboxylic acids is 1. The molecule has 6 nitrogen and oxygen atoms in total. The zero-order chi connectivity index (χ0) is 18.6. The van der Waals surface area contributed by atoms with Crippen LogP contribution in [0, 0.1) is 0 Å². The minimum absolute atomic E-state index is 0.0968. The van der Waals surface area contributed by atoms with Crippen LogP contribution in [0.3, 0.4) is 0 Å². The van der Waals surface area contributed by atoms with Gasteiger partial charge in [0.15, 0.2) is 11.8 Å². The molecule has 2 N–H and O–H groups in total. The van der Waals surface area contributed by atoms with Gasteiger partial charge in [0.05, 0.1) is 12.1 Å². The summed E-state index contributed by atoms with van der Waals surface area (Å²) in [5.41, 5.74) is 1.27. The Morgan fingerprint density at radius 3 is 2.48 bits per heavy atom. The minimum Gasteiger partial charge on any atom is -0.495 e. The van der Waals surface area contributed by atoms with Gasteiger partial charge in [-0.3, -0.25) is 4.79 Å². The van der Waals surface area contributed by atoms with Gasteiger partial charge in [0.1, 0.15) is 11.5 Å². The molecule has 0 aliphatic carbocycles. The van der Waals surface area contributed by atoms with E-state index in [0.717, 1.165) is 17.7 Å². The zero-order valence-electron chi connectivity index (χ0n) is 14.3. The first kappa shape index (κ1) is 18.9. The standard InChI is InChI=1S/C18H20ClNO5/c1-4-10-9-15(25-13(10)5-2)17(21)20-16(18(22)23)11-6-7-14(24-3)12(19)8-11/h6-9,16H,4-5H2,1-3H3,(H,20,21)(H,22,23). The van der Waals surface area contributed by atoms with E-state index in [1.54, 1.807) is 18.2 Å². The number of ether oxygens (including phenoxy) is 1. The highest BCUT2D eigenvalue weighted by Gasteiger charge is 2.25. The second-order valence-electron chi connectivity index (χ2n) is 5.40. The molecule has 1 aromatic carbocycles. The predicted octanol–water partition coefficient (Wildman–Crippen LogP) is 3.62. The van der Waals surface area contributed by atoms with Crippen LogP contribution in [0.2, 0.25) is 5.02 Å². The van der Waals surface area contributed by atoms with E-state index < -0.39 is 17.9 Å². The molecular weight excluding hydrogens is 346 g/mol. The maximum atomic E-state index is 12.4. The van der Waals surface area contributed by atoms with Crippen molar-refractivity contribution >= 4 is 23.5 Å². The summed E-state index contributed by atoms with van der Waals surface area (Å²) in [4.78, 5) is 24.0. The van der Waals surface area contributed by atoms with Gasteiger partial charge in [-0.2, -0.15) is 0 Å². The fraction of sp³-hybridized carbons (Fsp3) is 0.333. The summed E-state index contributed by atoms with van der Waals surface area (Å²) in [5.74, 6) is -0.542. The maximum Gasteiger partial charge on any atom is 0.330 e. The summed E-state index contributed by atoms with van der Waals surface area (Å²) < 4.78 is 10.6. The van der Waals surface area contributed by atoms with Gasteiger partial charge in [-0.1, -0.05) is 31.5 Å². The van der Waals surface area contributed by atoms with Gasteiger partial charge in [-0.05, 0) is 35.7 Å². The van der Waals surface area contributed by atoms with E-state index in [9.17, 15) is 14.7 Å². The SMILES string of the molecule is CCc1cc(C(=O)NC(C(=O)O)c2ccc(OC)c(Cl)c2)oc1CC. The Bertz CT molecular complexity index is 762. The van der Waals surface area contributed by atoms with Crippen LogP contribution < -0.4 is 10.1 Å². The second kappa shape index (κ2) is 8.07. The van der Waals surface area contributed by atoms with Crippen LogP contribution in [0.25, 0.3) is 0 Å². The van der Waals surface area contributed by atoms with Crippen molar-refractivity contribution in [3.8, 4) is 5.75 Å². The van der Waals surface area contributed by atoms with Crippen LogP contribution in [0.4, 0.5) is 0 Å². The van der Waals surface area contributed by atoms with Crippen LogP contribution in [0.15, 0.2) is 28.7 Å². The van der Waals surface area contributed by atoms with E-state index in [4.69, 9.17) is 20.8 Å². The summed E-state index contributed by atoms with van der Waals surface area (Å²) in [7, 11) is 1.46. The van der Waals surface area contributed by atoms with Crippen LogP contribution in [-0.4, -0.2) is 24.1 Å². The number of amides is 1. The number of benzene rings is 1. The molecule has 0 aliphatic heterocycles. The molecule has 7 heteroatoms. The highest BCUT2D eigenvalue weighted by atomic mass is 35.5. The Morgan fingerprint density at radius 1 is 1.28 bits per heavy atom. The third kappa shape index (κ3) is 4.14. The number of halogens is 1. The van der Waals surface area contributed by atoms with Crippen molar-refractivity contribution in [2.24, 2.45) is 0 Å². The smallest absolute Gasteiger partial charge is 0.330 e. The first-order valence-corrected chi connectivity index (χ1v) is 8.27. The van der Waals surface area contributed by atoms with Crippen molar-refractivity contribution in [3.05, 3.63) is 51.9 Å². The highest BCUT2D eigenvalue weighted by Crippen LogP contribution is 2.28. The van der Waals surface area contributed by atoms with Gasteiger partial charge in [0.2, 0.25) is 0 Å². The molecule has 134 valence electrons. The molecule has 1 unspecified atom stereocenters. The third-order valence-electron chi connectivity index (χ3n) is 3.85. The normalized spacial score (nSPS) is 11.8. The molecule has 0 bridgehead atoms. The second-order valence-corrected chi connectivity index (χ2v) is 5.81. The van der Waals surface area contributed by atoms with Crippen molar-refractivity contribution in [2.75, 3.05) is 7.11 Å². The largest absolute Gasteiger partial charge is 0.495 e. The van der Waals surface area contributed by atoms with E-state index in [0.29, 0.717) is 17.7 Å². The molecule has 0 aliphatic rings. The lowest BCUT2D eigenvalue weighted by Crippen LogP contribution is -2.33. The molecule has 1 aromatic heterocycles. The lowest BCUT2D eigenvalue weighted by Gasteiger charge is -2.15. The predicted molar refractivity (Wildman–Crippen MR) is 93.3 cm³/mol. The number of nitrogens with one attached hydrogen (secondary N) is 1. The summed E-state index contributed by atoms with van der Waals surface area (Å²) in [6.07, 6.45) is 1.39. The molecule has 0 radical (unpaired) electrons. The van der Waals surface area contributed by atoms with Gasteiger partial charge in [0, 0.05) is 6.42 Å². The van der Waals surface area contributed by atoms with Gasteiger partial charge in [-0.25, -0.2) is 4.79 Å². The van der Waals surface area contributed by atoms with E-state index >= 15 is 0 Å². The molecule has 0 spiro atoms. The molecule has 1 amide bonds. The van der Waals surface area contributed by atoms with Crippen molar-refractivity contribution in [2.45, 2.75) is 32.7 Å². The van der Waals surface area contributed by atoms with Crippen molar-refractivity contribution in [1.82, 2.24) is 5.32 Å². The number of rotatable bonds is 7. The first-order valence-electron chi connectivity index (χ1n) is 7.89. The molecule has 0 saturated heterocycles. The third-order valence-corrected chi connectivity index (χ3v) is 4.15. The molecule has 2 aromatic rings. The lowest BCUT2D eigenvalue weighted by atomic mass is 10.1. The van der Waals surface area contributed by atoms with Gasteiger partial charge in [-0.15, -0.1) is 0 Å². The number of furan rings is 1. The quantitative estimate of drug-likeness (QED) is 0.782. The summed E-state index contributed by atoms with van der Waals surface area (Å²) in [5, 5.41) is 12.2. The van der Waals surface area contributed by atoms with Gasteiger partial charge >= 0.3 is 5.97 Å². The van der Waals surface area contributed by atoms with E-state index in [2.05, 4.69) is 5.32 Å². The Labute approximate surface area is 150 Å². The van der Waals surface area contributed by atoms with Crippen LogP contribution in [0.5, 0.6) is 5.75 Å². The van der Waals surface area contributed by atoms with Crippen LogP contribution in [-0.2, 0) is 17.6 Å². The number of hydrogen-bond donors (Lipinski definition) is 2. The molecule has 2 rings (SSSR count). The number of aliphatic carboxylic acids is 1. The lowest BCUT2D eigenvalue weighted by molar-refractivity contribution is -0.139. The zero-order valence-corrected chi connectivity index (χ0v) is 15.0. The first-order chi connectivity index (χ1) is 11.9. The Hall–Kier alpha value is -2.47. The number of carbonyl (C=O) groups is 2. The topological polar surface area (TPSA) is 88.8 Å². The molecule has 1 atom stereocenters. The number of methoxy groups -OCH3 is 1. The molecule has 25 heavy (non-hydrogen) atoms.